The highest BCUT2D eigenvalue weighted by Crippen LogP contribution is 2.20. The summed E-state index contributed by atoms with van der Waals surface area (Å²) in [6.07, 6.45) is 1.28. The zero-order valence-corrected chi connectivity index (χ0v) is 13.1. The van der Waals surface area contributed by atoms with Crippen LogP contribution in [-0.2, 0) is 19.6 Å². The molecular formula is C14H18N2O5S. The number of carbonyl (C=O) groups is 2. The van der Waals surface area contributed by atoms with E-state index in [0.717, 1.165) is 0 Å². The third-order valence-electron chi connectivity index (χ3n) is 2.80. The molecule has 1 rings (SSSR count). The van der Waals surface area contributed by atoms with Gasteiger partial charge in [-0.25, -0.2) is 8.42 Å². The molecule has 0 saturated heterocycles. The Morgan fingerprint density at radius 2 is 2.05 bits per heavy atom. The first-order valence-electron chi connectivity index (χ1n) is 6.41. The number of rotatable bonds is 7. The number of amides is 1. The fourth-order valence-electron chi connectivity index (χ4n) is 1.79. The van der Waals surface area contributed by atoms with Gasteiger partial charge in [-0.1, -0.05) is 12.1 Å². The van der Waals surface area contributed by atoms with Gasteiger partial charge in [0.1, 0.15) is 6.04 Å². The maximum absolute atomic E-state index is 12.4. The van der Waals surface area contributed by atoms with Crippen molar-refractivity contribution in [1.82, 2.24) is 4.72 Å². The Hall–Kier alpha value is -2.19. The van der Waals surface area contributed by atoms with E-state index in [9.17, 15) is 18.0 Å². The molecule has 0 fully saturated rings. The molecule has 1 aromatic carbocycles. The van der Waals surface area contributed by atoms with E-state index in [0.29, 0.717) is 11.3 Å². The lowest BCUT2D eigenvalue weighted by Gasteiger charge is -2.15. The predicted molar refractivity (Wildman–Crippen MR) is 82.0 cm³/mol. The lowest BCUT2D eigenvalue weighted by Crippen LogP contribution is -2.40. The first-order chi connectivity index (χ1) is 10.2. The van der Waals surface area contributed by atoms with E-state index in [4.69, 9.17) is 5.11 Å². The van der Waals surface area contributed by atoms with Gasteiger partial charge in [-0.05, 0) is 31.0 Å². The van der Waals surface area contributed by atoms with Crippen LogP contribution in [0.3, 0.4) is 0 Å². The van der Waals surface area contributed by atoms with Crippen LogP contribution in [0.1, 0.15) is 18.9 Å². The Labute approximate surface area is 129 Å². The number of hydrogen-bond donors (Lipinski definition) is 3. The van der Waals surface area contributed by atoms with Crippen molar-refractivity contribution < 1.29 is 23.1 Å². The molecule has 1 atom stereocenters. The average Bonchev–Trinajstić information content (AvgIpc) is 2.39. The summed E-state index contributed by atoms with van der Waals surface area (Å²) in [5.41, 5.74) is 0.749. The molecule has 0 bridgehead atoms. The van der Waals surface area contributed by atoms with Crippen molar-refractivity contribution in [3.63, 3.8) is 0 Å². The summed E-state index contributed by atoms with van der Waals surface area (Å²) in [5, 5.41) is 11.5. The molecule has 120 valence electrons. The predicted octanol–water partition coefficient (Wildman–Crippen LogP) is 1.26. The van der Waals surface area contributed by atoms with Crippen LogP contribution in [0.25, 0.3) is 0 Å². The van der Waals surface area contributed by atoms with Gasteiger partial charge in [-0.3, -0.25) is 9.59 Å². The minimum atomic E-state index is -4.05. The zero-order valence-electron chi connectivity index (χ0n) is 12.3. The number of nitrogens with one attached hydrogen (secondary N) is 2. The summed E-state index contributed by atoms with van der Waals surface area (Å²) in [4.78, 5) is 22.0. The van der Waals surface area contributed by atoms with Crippen LogP contribution in [0.2, 0.25) is 0 Å². The monoisotopic (exact) mass is 326 g/mol. The van der Waals surface area contributed by atoms with Gasteiger partial charge in [-0.2, -0.15) is 4.72 Å². The number of anilines is 1. The molecule has 8 heteroatoms. The summed E-state index contributed by atoms with van der Waals surface area (Å²) in [6.45, 7) is 6.29. The average molecular weight is 326 g/mol. The van der Waals surface area contributed by atoms with Crippen LogP contribution in [0, 0.1) is 6.92 Å². The quantitative estimate of drug-likeness (QED) is 0.653. The highest BCUT2D eigenvalue weighted by atomic mass is 32.2. The Morgan fingerprint density at radius 3 is 2.55 bits per heavy atom. The molecule has 0 radical (unpaired) electrons. The van der Waals surface area contributed by atoms with Crippen molar-refractivity contribution >= 4 is 27.6 Å². The Morgan fingerprint density at radius 1 is 1.41 bits per heavy atom. The van der Waals surface area contributed by atoms with E-state index in [1.165, 1.54) is 25.1 Å². The van der Waals surface area contributed by atoms with Crippen LogP contribution >= 0.6 is 0 Å². The second-order valence-corrected chi connectivity index (χ2v) is 6.38. The summed E-state index contributed by atoms with van der Waals surface area (Å²) >= 11 is 0. The van der Waals surface area contributed by atoms with Crippen molar-refractivity contribution in [2.45, 2.75) is 31.2 Å². The van der Waals surface area contributed by atoms with Gasteiger partial charge in [0.15, 0.2) is 0 Å². The summed E-state index contributed by atoms with van der Waals surface area (Å²) in [7, 11) is -4.05. The number of hydrogen-bond acceptors (Lipinski definition) is 4. The molecule has 0 aliphatic heterocycles. The third kappa shape index (κ3) is 4.68. The van der Waals surface area contributed by atoms with Crippen LogP contribution in [0.4, 0.5) is 5.69 Å². The molecule has 22 heavy (non-hydrogen) atoms. The van der Waals surface area contributed by atoms with Crippen molar-refractivity contribution in [3.8, 4) is 0 Å². The molecule has 0 aliphatic carbocycles. The number of benzene rings is 1. The molecule has 1 unspecified atom stereocenters. The first kappa shape index (κ1) is 17.9. The minimum absolute atomic E-state index is 0.0427. The van der Waals surface area contributed by atoms with E-state index in [-0.39, 0.29) is 17.2 Å². The van der Waals surface area contributed by atoms with E-state index in [1.54, 1.807) is 13.0 Å². The molecule has 7 nitrogen and oxygen atoms in total. The highest BCUT2D eigenvalue weighted by Gasteiger charge is 2.25. The summed E-state index contributed by atoms with van der Waals surface area (Å²) in [5.74, 6) is -1.63. The van der Waals surface area contributed by atoms with Crippen molar-refractivity contribution in [2.24, 2.45) is 0 Å². The molecule has 0 aliphatic rings. The molecular weight excluding hydrogens is 308 g/mol. The van der Waals surface area contributed by atoms with Gasteiger partial charge in [0.25, 0.3) is 0 Å². The van der Waals surface area contributed by atoms with Crippen molar-refractivity contribution in [1.29, 1.82) is 0 Å². The SMILES string of the molecule is C=CCC(NS(=O)(=O)c1cc(NC(C)=O)ccc1C)C(=O)O. The second kappa shape index (κ2) is 7.19. The Kier molecular flexibility index (Phi) is 5.84. The van der Waals surface area contributed by atoms with Gasteiger partial charge in [-0.15, -0.1) is 6.58 Å². The molecule has 1 amide bonds. The van der Waals surface area contributed by atoms with Gasteiger partial charge >= 0.3 is 5.97 Å². The fourth-order valence-corrected chi connectivity index (χ4v) is 3.26. The maximum atomic E-state index is 12.4. The topological polar surface area (TPSA) is 113 Å². The molecule has 3 N–H and O–H groups in total. The van der Waals surface area contributed by atoms with Crippen LogP contribution in [-0.4, -0.2) is 31.4 Å². The lowest BCUT2D eigenvalue weighted by atomic mass is 10.2. The first-order valence-corrected chi connectivity index (χ1v) is 7.90. The van der Waals surface area contributed by atoms with Gasteiger partial charge < -0.3 is 10.4 Å². The summed E-state index contributed by atoms with van der Waals surface area (Å²) in [6, 6.07) is 3.08. The van der Waals surface area contributed by atoms with E-state index in [2.05, 4.69) is 16.6 Å². The number of carboxylic acid groups (broad SMARTS) is 1. The van der Waals surface area contributed by atoms with Gasteiger partial charge in [0.05, 0.1) is 4.90 Å². The number of carbonyl (C=O) groups excluding carboxylic acids is 1. The number of aryl methyl sites for hydroxylation is 1. The van der Waals surface area contributed by atoms with E-state index < -0.39 is 22.0 Å². The molecule has 0 saturated carbocycles. The fraction of sp³-hybridized carbons (Fsp3) is 0.286. The number of sulfonamides is 1. The van der Waals surface area contributed by atoms with Gasteiger partial charge in [0, 0.05) is 12.6 Å². The largest absolute Gasteiger partial charge is 0.480 e. The van der Waals surface area contributed by atoms with Crippen LogP contribution < -0.4 is 10.0 Å². The van der Waals surface area contributed by atoms with Crippen LogP contribution in [0.15, 0.2) is 35.7 Å². The molecule has 1 aromatic rings. The van der Waals surface area contributed by atoms with Crippen molar-refractivity contribution in [3.05, 3.63) is 36.4 Å². The van der Waals surface area contributed by atoms with E-state index in [1.807, 2.05) is 0 Å². The minimum Gasteiger partial charge on any atom is -0.480 e. The smallest absolute Gasteiger partial charge is 0.322 e. The third-order valence-corrected chi connectivity index (χ3v) is 4.41. The molecule has 0 heterocycles. The van der Waals surface area contributed by atoms with Gasteiger partial charge in [0.2, 0.25) is 15.9 Å². The van der Waals surface area contributed by atoms with Crippen LogP contribution in [0.5, 0.6) is 0 Å². The number of aliphatic carboxylic acids is 1. The number of carboxylic acids is 1. The maximum Gasteiger partial charge on any atom is 0.322 e. The Balaban J connectivity index is 3.18. The van der Waals surface area contributed by atoms with E-state index >= 15 is 0 Å². The summed E-state index contributed by atoms with van der Waals surface area (Å²) < 4.78 is 26.8. The molecule has 0 aromatic heterocycles. The highest BCUT2D eigenvalue weighted by molar-refractivity contribution is 7.89. The lowest BCUT2D eigenvalue weighted by molar-refractivity contribution is -0.138. The molecule has 0 spiro atoms. The Bertz CT molecular complexity index is 697. The second-order valence-electron chi connectivity index (χ2n) is 4.70. The zero-order chi connectivity index (χ0) is 16.9. The van der Waals surface area contributed by atoms with Crippen molar-refractivity contribution in [2.75, 3.05) is 5.32 Å². The normalized spacial score (nSPS) is 12.5. The standard InChI is InChI=1S/C14H18N2O5S/c1-4-5-12(14(18)19)16-22(20,21)13-8-11(15-10(3)17)7-6-9(13)2/h4,6-8,12,16H,1,5H2,2-3H3,(H,15,17)(H,18,19).